The normalized spacial score (nSPS) is 16.3. The number of likely N-dealkylation sites (tertiary alicyclic amines) is 1. The third-order valence-corrected chi connectivity index (χ3v) is 5.34. The first-order valence-electron chi connectivity index (χ1n) is 9.12. The van der Waals surface area contributed by atoms with Crippen molar-refractivity contribution in [3.8, 4) is 0 Å². The number of carbonyl (C=O) groups is 2. The number of carbonyl (C=O) groups excluding carboxylic acids is 2. The van der Waals surface area contributed by atoms with Crippen LogP contribution in [0, 0.1) is 0 Å². The third kappa shape index (κ3) is 4.09. The van der Waals surface area contributed by atoms with Crippen LogP contribution in [-0.4, -0.2) is 49.3 Å². The van der Waals surface area contributed by atoms with E-state index in [1.165, 1.54) is 11.3 Å². The van der Waals surface area contributed by atoms with Gasteiger partial charge in [-0.05, 0) is 18.4 Å². The summed E-state index contributed by atoms with van der Waals surface area (Å²) in [6.45, 7) is 1.65. The molecule has 0 radical (unpaired) electrons. The molecule has 1 atom stereocenters. The molecule has 4 rings (SSSR count). The minimum absolute atomic E-state index is 0.0242. The van der Waals surface area contributed by atoms with Gasteiger partial charge in [0.05, 0.1) is 24.3 Å². The van der Waals surface area contributed by atoms with Crippen molar-refractivity contribution in [3.63, 3.8) is 0 Å². The topological polar surface area (TPSA) is 93.0 Å². The van der Waals surface area contributed by atoms with Gasteiger partial charge in [-0.3, -0.25) is 9.59 Å². The van der Waals surface area contributed by atoms with Gasteiger partial charge in [-0.2, -0.15) is 0 Å². The number of hydrogen-bond acceptors (Lipinski definition) is 6. The van der Waals surface area contributed by atoms with Gasteiger partial charge in [0.15, 0.2) is 5.69 Å². The van der Waals surface area contributed by atoms with Crippen molar-refractivity contribution in [2.75, 3.05) is 6.54 Å². The van der Waals surface area contributed by atoms with Gasteiger partial charge >= 0.3 is 0 Å². The fraction of sp³-hybridized carbons (Fsp3) is 0.316. The number of hydrogen-bond donors (Lipinski definition) is 1. The van der Waals surface area contributed by atoms with Crippen LogP contribution < -0.4 is 5.32 Å². The molecule has 0 spiro atoms. The van der Waals surface area contributed by atoms with E-state index in [1.54, 1.807) is 21.8 Å². The maximum Gasteiger partial charge on any atom is 0.273 e. The predicted molar refractivity (Wildman–Crippen MR) is 104 cm³/mol. The van der Waals surface area contributed by atoms with E-state index in [0.29, 0.717) is 25.3 Å². The minimum atomic E-state index is -0.267. The van der Waals surface area contributed by atoms with Crippen molar-refractivity contribution in [2.45, 2.75) is 32.0 Å². The molecule has 1 saturated heterocycles. The number of rotatable bonds is 6. The van der Waals surface area contributed by atoms with Gasteiger partial charge in [-0.15, -0.1) is 16.4 Å². The minimum Gasteiger partial charge on any atom is -0.347 e. The highest BCUT2D eigenvalue weighted by atomic mass is 32.1. The van der Waals surface area contributed by atoms with Crippen molar-refractivity contribution in [1.82, 2.24) is 30.2 Å². The zero-order chi connectivity index (χ0) is 19.3. The molecular weight excluding hydrogens is 376 g/mol. The average Bonchev–Trinajstić information content (AvgIpc) is 3.48. The zero-order valence-electron chi connectivity index (χ0n) is 15.2. The Bertz CT molecular complexity index is 941. The van der Waals surface area contributed by atoms with Crippen LogP contribution in [-0.2, 0) is 13.1 Å². The molecule has 1 aliphatic heterocycles. The molecule has 1 aliphatic rings. The number of nitrogens with zero attached hydrogens (tertiary/aromatic N) is 5. The van der Waals surface area contributed by atoms with Crippen molar-refractivity contribution >= 4 is 23.2 Å². The molecule has 144 valence electrons. The van der Waals surface area contributed by atoms with Gasteiger partial charge in [0, 0.05) is 18.5 Å². The standard InChI is InChI=1S/C19H20N6O2S/c26-18(20-9-14-5-2-1-3-6-14)16-11-24(23-22-16)10-15-7-4-8-25(15)19(27)17-12-28-13-21-17/h1-3,5-6,11-13,15H,4,7-10H2,(H,20,26). The Kier molecular flexibility index (Phi) is 5.43. The Labute approximate surface area is 166 Å². The highest BCUT2D eigenvalue weighted by Crippen LogP contribution is 2.21. The summed E-state index contributed by atoms with van der Waals surface area (Å²) < 4.78 is 1.63. The summed E-state index contributed by atoms with van der Waals surface area (Å²) in [6.07, 6.45) is 3.47. The van der Waals surface area contributed by atoms with Gasteiger partial charge in [-0.25, -0.2) is 9.67 Å². The Morgan fingerprint density at radius 3 is 2.86 bits per heavy atom. The summed E-state index contributed by atoms with van der Waals surface area (Å²) in [4.78, 5) is 30.9. The molecule has 9 heteroatoms. The Morgan fingerprint density at radius 1 is 1.21 bits per heavy atom. The first-order valence-corrected chi connectivity index (χ1v) is 10.1. The molecule has 2 amide bonds. The molecule has 1 aromatic carbocycles. The lowest BCUT2D eigenvalue weighted by Gasteiger charge is -2.23. The van der Waals surface area contributed by atoms with E-state index >= 15 is 0 Å². The molecule has 28 heavy (non-hydrogen) atoms. The highest BCUT2D eigenvalue weighted by Gasteiger charge is 2.31. The van der Waals surface area contributed by atoms with Crippen LogP contribution in [0.25, 0.3) is 0 Å². The lowest BCUT2D eigenvalue weighted by Crippen LogP contribution is -2.38. The van der Waals surface area contributed by atoms with Crippen molar-refractivity contribution < 1.29 is 9.59 Å². The van der Waals surface area contributed by atoms with E-state index in [-0.39, 0.29) is 23.6 Å². The van der Waals surface area contributed by atoms with Gasteiger partial charge < -0.3 is 10.2 Å². The van der Waals surface area contributed by atoms with E-state index < -0.39 is 0 Å². The summed E-state index contributed by atoms with van der Waals surface area (Å²) in [5, 5.41) is 12.7. The quantitative estimate of drug-likeness (QED) is 0.688. The molecule has 3 heterocycles. The lowest BCUT2D eigenvalue weighted by atomic mass is 10.2. The summed E-state index contributed by atoms with van der Waals surface area (Å²) >= 11 is 1.41. The monoisotopic (exact) mass is 396 g/mol. The van der Waals surface area contributed by atoms with Crippen LogP contribution in [0.3, 0.4) is 0 Å². The molecule has 0 saturated carbocycles. The SMILES string of the molecule is O=C(NCc1ccccc1)c1cn(CC2CCCN2C(=O)c2cscn2)nn1. The first kappa shape index (κ1) is 18.3. The highest BCUT2D eigenvalue weighted by molar-refractivity contribution is 7.07. The summed E-state index contributed by atoms with van der Waals surface area (Å²) in [6, 6.07) is 9.71. The van der Waals surface area contributed by atoms with Crippen LogP contribution in [0.15, 0.2) is 47.4 Å². The summed E-state index contributed by atoms with van der Waals surface area (Å²) in [5.74, 6) is -0.318. The maximum absolute atomic E-state index is 12.6. The van der Waals surface area contributed by atoms with E-state index in [0.717, 1.165) is 18.4 Å². The molecule has 0 bridgehead atoms. The van der Waals surface area contributed by atoms with Crippen molar-refractivity contribution in [2.24, 2.45) is 0 Å². The largest absolute Gasteiger partial charge is 0.347 e. The Hall–Kier alpha value is -3.07. The van der Waals surface area contributed by atoms with E-state index in [2.05, 4.69) is 20.6 Å². The lowest BCUT2D eigenvalue weighted by molar-refractivity contribution is 0.0715. The third-order valence-electron chi connectivity index (χ3n) is 4.75. The second-order valence-corrected chi connectivity index (χ2v) is 7.38. The van der Waals surface area contributed by atoms with Crippen LogP contribution in [0.2, 0.25) is 0 Å². The summed E-state index contributed by atoms with van der Waals surface area (Å²) in [5.41, 5.74) is 3.43. The molecule has 1 N–H and O–H groups in total. The zero-order valence-corrected chi connectivity index (χ0v) is 16.0. The van der Waals surface area contributed by atoms with E-state index in [9.17, 15) is 9.59 Å². The predicted octanol–water partition coefficient (Wildman–Crippen LogP) is 1.97. The first-order chi connectivity index (χ1) is 13.7. The van der Waals surface area contributed by atoms with E-state index in [1.807, 2.05) is 35.2 Å². The van der Waals surface area contributed by atoms with Gasteiger partial charge in [0.25, 0.3) is 11.8 Å². The average molecular weight is 396 g/mol. The summed E-state index contributed by atoms with van der Waals surface area (Å²) in [7, 11) is 0. The van der Waals surface area contributed by atoms with Gasteiger partial charge in [0.2, 0.25) is 0 Å². The number of amides is 2. The molecule has 8 nitrogen and oxygen atoms in total. The number of nitrogens with one attached hydrogen (secondary N) is 1. The van der Waals surface area contributed by atoms with Gasteiger partial charge in [0.1, 0.15) is 5.69 Å². The van der Waals surface area contributed by atoms with Crippen molar-refractivity contribution in [3.05, 3.63) is 64.4 Å². The Morgan fingerprint density at radius 2 is 2.07 bits per heavy atom. The molecular formula is C19H20N6O2S. The van der Waals surface area contributed by atoms with Crippen molar-refractivity contribution in [1.29, 1.82) is 0 Å². The second kappa shape index (κ2) is 8.30. The molecule has 1 fully saturated rings. The molecule has 0 aliphatic carbocycles. The smallest absolute Gasteiger partial charge is 0.273 e. The number of benzene rings is 1. The van der Waals surface area contributed by atoms with Gasteiger partial charge in [-0.1, -0.05) is 35.5 Å². The number of thiazole rings is 1. The van der Waals surface area contributed by atoms with Crippen LogP contribution >= 0.6 is 11.3 Å². The fourth-order valence-corrected chi connectivity index (χ4v) is 3.86. The fourth-order valence-electron chi connectivity index (χ4n) is 3.33. The molecule has 2 aromatic heterocycles. The number of aromatic nitrogens is 4. The maximum atomic E-state index is 12.6. The second-order valence-electron chi connectivity index (χ2n) is 6.66. The van der Waals surface area contributed by atoms with Crippen LogP contribution in [0.1, 0.15) is 39.4 Å². The molecule has 3 aromatic rings. The molecule has 1 unspecified atom stereocenters. The van der Waals surface area contributed by atoms with Crippen LogP contribution in [0.4, 0.5) is 0 Å². The van der Waals surface area contributed by atoms with E-state index in [4.69, 9.17) is 0 Å². The van der Waals surface area contributed by atoms with Crippen LogP contribution in [0.5, 0.6) is 0 Å². The Balaban J connectivity index is 1.36.